The fourth-order valence-electron chi connectivity index (χ4n) is 3.57. The van der Waals surface area contributed by atoms with Gasteiger partial charge in [-0.15, -0.1) is 0 Å². The van der Waals surface area contributed by atoms with Crippen molar-refractivity contribution >= 4 is 0 Å². The van der Waals surface area contributed by atoms with Gasteiger partial charge in [-0.1, -0.05) is 39.5 Å². The molecule has 0 radical (unpaired) electrons. The Kier molecular flexibility index (Phi) is 4.69. The molecule has 0 N–H and O–H groups in total. The maximum absolute atomic E-state index is 2.61. The van der Waals surface area contributed by atoms with E-state index in [4.69, 9.17) is 0 Å². The smallest absolute Gasteiger partial charge is 0.00162 e. The molecular formula is C15H29N. The van der Waals surface area contributed by atoms with Crippen molar-refractivity contribution in [1.29, 1.82) is 0 Å². The molecule has 1 heterocycles. The molecule has 0 aromatic carbocycles. The van der Waals surface area contributed by atoms with Crippen LogP contribution in [0.25, 0.3) is 0 Å². The molecule has 1 heteroatoms. The lowest BCUT2D eigenvalue weighted by Crippen LogP contribution is -2.34. The van der Waals surface area contributed by atoms with Crippen molar-refractivity contribution in [2.24, 2.45) is 17.8 Å². The van der Waals surface area contributed by atoms with Crippen molar-refractivity contribution in [3.63, 3.8) is 0 Å². The number of hydrogen-bond donors (Lipinski definition) is 0. The Morgan fingerprint density at radius 2 is 1.44 bits per heavy atom. The number of rotatable bonds is 3. The molecule has 1 aliphatic heterocycles. The Morgan fingerprint density at radius 1 is 0.875 bits per heavy atom. The minimum atomic E-state index is 1.01. The summed E-state index contributed by atoms with van der Waals surface area (Å²) >= 11 is 0. The molecule has 2 aliphatic rings. The standard InChI is InChI=1S/C15H29N/c1-3-16-10-8-15(9-11-16)12-14-6-4-13(2)5-7-14/h13-15H,3-12H2,1-2H3. The van der Waals surface area contributed by atoms with Crippen LogP contribution in [0.15, 0.2) is 0 Å². The first-order valence-corrected chi connectivity index (χ1v) is 7.50. The minimum Gasteiger partial charge on any atom is -0.304 e. The second kappa shape index (κ2) is 6.05. The van der Waals surface area contributed by atoms with Gasteiger partial charge >= 0.3 is 0 Å². The molecule has 0 atom stereocenters. The number of likely N-dealkylation sites (tertiary alicyclic amines) is 1. The number of nitrogens with zero attached hydrogens (tertiary/aromatic N) is 1. The van der Waals surface area contributed by atoms with Crippen LogP contribution in [0.5, 0.6) is 0 Å². The summed E-state index contributed by atoms with van der Waals surface area (Å²) < 4.78 is 0. The minimum absolute atomic E-state index is 1.01. The van der Waals surface area contributed by atoms with Gasteiger partial charge in [0.25, 0.3) is 0 Å². The van der Waals surface area contributed by atoms with E-state index in [0.717, 1.165) is 17.8 Å². The molecule has 1 aliphatic carbocycles. The summed E-state index contributed by atoms with van der Waals surface area (Å²) in [5.41, 5.74) is 0. The maximum Gasteiger partial charge on any atom is -0.00162 e. The van der Waals surface area contributed by atoms with Gasteiger partial charge in [-0.3, -0.25) is 0 Å². The van der Waals surface area contributed by atoms with E-state index in [1.807, 2.05) is 0 Å². The molecular weight excluding hydrogens is 194 g/mol. The lowest BCUT2D eigenvalue weighted by atomic mass is 9.77. The zero-order valence-corrected chi connectivity index (χ0v) is 11.3. The Morgan fingerprint density at radius 3 is 2.00 bits per heavy atom. The van der Waals surface area contributed by atoms with Gasteiger partial charge in [0.2, 0.25) is 0 Å². The molecule has 0 bridgehead atoms. The normalized spacial score (nSPS) is 34.1. The van der Waals surface area contributed by atoms with Crippen LogP contribution in [0.3, 0.4) is 0 Å². The molecule has 1 saturated carbocycles. The molecule has 1 saturated heterocycles. The predicted molar refractivity (Wildman–Crippen MR) is 70.6 cm³/mol. The lowest BCUT2D eigenvalue weighted by molar-refractivity contribution is 0.157. The van der Waals surface area contributed by atoms with E-state index >= 15 is 0 Å². The van der Waals surface area contributed by atoms with E-state index in [1.54, 1.807) is 6.42 Å². The van der Waals surface area contributed by atoms with Crippen molar-refractivity contribution in [2.75, 3.05) is 19.6 Å². The van der Waals surface area contributed by atoms with Crippen molar-refractivity contribution < 1.29 is 0 Å². The molecule has 16 heavy (non-hydrogen) atoms. The van der Waals surface area contributed by atoms with Crippen molar-refractivity contribution in [3.05, 3.63) is 0 Å². The Bertz CT molecular complexity index is 186. The third kappa shape index (κ3) is 3.48. The first-order valence-electron chi connectivity index (χ1n) is 7.50. The summed E-state index contributed by atoms with van der Waals surface area (Å²) in [6.45, 7) is 8.71. The number of hydrogen-bond acceptors (Lipinski definition) is 1. The van der Waals surface area contributed by atoms with Crippen molar-refractivity contribution in [2.45, 2.75) is 58.8 Å². The lowest BCUT2D eigenvalue weighted by Gasteiger charge is -2.34. The van der Waals surface area contributed by atoms with Gasteiger partial charge in [-0.25, -0.2) is 0 Å². The summed E-state index contributed by atoms with van der Waals surface area (Å²) in [6, 6.07) is 0. The summed E-state index contributed by atoms with van der Waals surface area (Å²) in [4.78, 5) is 2.61. The van der Waals surface area contributed by atoms with Crippen molar-refractivity contribution in [1.82, 2.24) is 4.90 Å². The third-order valence-corrected chi connectivity index (χ3v) is 4.96. The highest BCUT2D eigenvalue weighted by Crippen LogP contribution is 2.34. The van der Waals surface area contributed by atoms with Crippen LogP contribution in [-0.4, -0.2) is 24.5 Å². The van der Waals surface area contributed by atoms with Crippen molar-refractivity contribution in [3.8, 4) is 0 Å². The molecule has 1 nitrogen and oxygen atoms in total. The largest absolute Gasteiger partial charge is 0.304 e. The quantitative estimate of drug-likeness (QED) is 0.700. The predicted octanol–water partition coefficient (Wildman–Crippen LogP) is 3.93. The van der Waals surface area contributed by atoms with Gasteiger partial charge < -0.3 is 4.90 Å². The highest BCUT2D eigenvalue weighted by Gasteiger charge is 2.24. The van der Waals surface area contributed by atoms with E-state index in [2.05, 4.69) is 18.7 Å². The maximum atomic E-state index is 2.61. The zero-order valence-electron chi connectivity index (χ0n) is 11.3. The highest BCUT2D eigenvalue weighted by molar-refractivity contribution is 4.77. The summed E-state index contributed by atoms with van der Waals surface area (Å²) in [5, 5.41) is 0. The summed E-state index contributed by atoms with van der Waals surface area (Å²) in [7, 11) is 0. The second-order valence-corrected chi connectivity index (χ2v) is 6.24. The van der Waals surface area contributed by atoms with E-state index in [-0.39, 0.29) is 0 Å². The van der Waals surface area contributed by atoms with Gasteiger partial charge in [0.15, 0.2) is 0 Å². The summed E-state index contributed by atoms with van der Waals surface area (Å²) in [6.07, 6.45) is 10.5. The van der Waals surface area contributed by atoms with Crippen LogP contribution < -0.4 is 0 Å². The van der Waals surface area contributed by atoms with E-state index in [0.29, 0.717) is 0 Å². The highest BCUT2D eigenvalue weighted by atomic mass is 15.1. The van der Waals surface area contributed by atoms with Crippen LogP contribution in [0.4, 0.5) is 0 Å². The first-order chi connectivity index (χ1) is 7.78. The molecule has 0 aromatic rings. The monoisotopic (exact) mass is 223 g/mol. The second-order valence-electron chi connectivity index (χ2n) is 6.24. The van der Waals surface area contributed by atoms with E-state index in [1.165, 1.54) is 58.2 Å². The fourth-order valence-corrected chi connectivity index (χ4v) is 3.57. The van der Waals surface area contributed by atoms with Crippen LogP contribution in [0.2, 0.25) is 0 Å². The molecule has 2 rings (SSSR count). The molecule has 0 amide bonds. The SMILES string of the molecule is CCN1CCC(CC2CCC(C)CC2)CC1. The zero-order chi connectivity index (χ0) is 11.4. The van der Waals surface area contributed by atoms with Crippen LogP contribution >= 0.6 is 0 Å². The van der Waals surface area contributed by atoms with Gasteiger partial charge in [0.05, 0.1) is 0 Å². The van der Waals surface area contributed by atoms with Crippen LogP contribution in [0, 0.1) is 17.8 Å². The average molecular weight is 223 g/mol. The van der Waals surface area contributed by atoms with Gasteiger partial charge in [-0.2, -0.15) is 0 Å². The first kappa shape index (κ1) is 12.4. The summed E-state index contributed by atoms with van der Waals surface area (Å²) in [5.74, 6) is 3.15. The van der Waals surface area contributed by atoms with Gasteiger partial charge in [0.1, 0.15) is 0 Å². The third-order valence-electron chi connectivity index (χ3n) is 4.96. The molecule has 0 aromatic heterocycles. The van der Waals surface area contributed by atoms with Gasteiger partial charge in [-0.05, 0) is 56.7 Å². The topological polar surface area (TPSA) is 3.24 Å². The molecule has 2 fully saturated rings. The van der Waals surface area contributed by atoms with E-state index in [9.17, 15) is 0 Å². The Labute approximate surface area is 102 Å². The molecule has 0 spiro atoms. The average Bonchev–Trinajstić information content (AvgIpc) is 2.33. The molecule has 0 unspecified atom stereocenters. The van der Waals surface area contributed by atoms with E-state index < -0.39 is 0 Å². The Balaban J connectivity index is 1.66. The Hall–Kier alpha value is -0.0400. The fraction of sp³-hybridized carbons (Fsp3) is 1.00. The number of piperidine rings is 1. The van der Waals surface area contributed by atoms with Crippen LogP contribution in [-0.2, 0) is 0 Å². The van der Waals surface area contributed by atoms with Gasteiger partial charge in [0, 0.05) is 0 Å². The van der Waals surface area contributed by atoms with Crippen LogP contribution in [0.1, 0.15) is 58.8 Å². The molecule has 94 valence electrons.